The Morgan fingerprint density at radius 2 is 2.04 bits per heavy atom. The zero-order valence-electron chi connectivity index (χ0n) is 15.3. The van der Waals surface area contributed by atoms with Crippen LogP contribution in [0.1, 0.15) is 18.4 Å². The number of carbonyl (C=O) groups is 2. The van der Waals surface area contributed by atoms with Gasteiger partial charge in [0.05, 0.1) is 0 Å². The molecule has 0 radical (unpaired) electrons. The third-order valence-electron chi connectivity index (χ3n) is 4.92. The number of benzene rings is 2. The fraction of sp³-hybridized carbons (Fsp3) is 0.333. The van der Waals surface area contributed by atoms with Crippen LogP contribution in [0.3, 0.4) is 0 Å². The molecule has 2 aliphatic rings. The Hall–Kier alpha value is -2.93. The van der Waals surface area contributed by atoms with Crippen molar-refractivity contribution in [2.24, 2.45) is 0 Å². The molecule has 1 fully saturated rings. The smallest absolute Gasteiger partial charge is 0.262 e. The van der Waals surface area contributed by atoms with Gasteiger partial charge >= 0.3 is 0 Å². The molecule has 0 bridgehead atoms. The van der Waals surface area contributed by atoms with E-state index >= 15 is 0 Å². The minimum absolute atomic E-state index is 0.0145. The first kappa shape index (κ1) is 18.4. The average molecular weight is 384 g/mol. The number of ether oxygens (including phenoxy) is 2. The van der Waals surface area contributed by atoms with E-state index in [2.05, 4.69) is 5.32 Å². The second-order valence-electron chi connectivity index (χ2n) is 6.88. The van der Waals surface area contributed by atoms with Crippen LogP contribution in [0.4, 0.5) is 15.8 Å². The quantitative estimate of drug-likeness (QED) is 0.861. The molecule has 2 aromatic rings. The zero-order chi connectivity index (χ0) is 19.5. The maximum absolute atomic E-state index is 12.9. The van der Waals surface area contributed by atoms with E-state index in [9.17, 15) is 14.0 Å². The van der Waals surface area contributed by atoms with E-state index in [-0.39, 0.29) is 30.3 Å². The van der Waals surface area contributed by atoms with Crippen molar-refractivity contribution in [3.05, 3.63) is 53.8 Å². The summed E-state index contributed by atoms with van der Waals surface area (Å²) in [5.74, 6) is -0.297. The monoisotopic (exact) mass is 384 g/mol. The third-order valence-corrected chi connectivity index (χ3v) is 4.92. The van der Waals surface area contributed by atoms with Gasteiger partial charge in [0.25, 0.3) is 11.8 Å². The summed E-state index contributed by atoms with van der Waals surface area (Å²) in [6.07, 6.45) is 2.08. The standard InChI is InChI=1S/C21H21FN2O4/c22-15-4-7-17(8-5-15)28-13-20(25)23-16-6-3-14-9-10-24(18(14)12-16)21(26)19-2-1-11-27-19/h3-8,12,19H,1-2,9-11,13H2,(H,23,25). The molecule has 1 N–H and O–H groups in total. The van der Waals surface area contributed by atoms with Gasteiger partial charge in [-0.25, -0.2) is 4.39 Å². The van der Waals surface area contributed by atoms with E-state index in [0.29, 0.717) is 24.6 Å². The number of carbonyl (C=O) groups excluding carboxylic acids is 2. The predicted octanol–water partition coefficient (Wildman–Crippen LogP) is 2.91. The van der Waals surface area contributed by atoms with E-state index in [4.69, 9.17) is 9.47 Å². The number of nitrogens with zero attached hydrogens (tertiary/aromatic N) is 1. The van der Waals surface area contributed by atoms with Crippen molar-refractivity contribution in [2.75, 3.05) is 30.0 Å². The lowest BCUT2D eigenvalue weighted by molar-refractivity contribution is -0.127. The molecule has 0 aliphatic carbocycles. The largest absolute Gasteiger partial charge is 0.484 e. The molecule has 0 spiro atoms. The Kier molecular flexibility index (Phi) is 5.25. The molecule has 7 heteroatoms. The second-order valence-corrected chi connectivity index (χ2v) is 6.88. The van der Waals surface area contributed by atoms with Crippen LogP contribution in [0, 0.1) is 5.82 Å². The molecule has 2 amide bonds. The molecule has 2 aromatic carbocycles. The van der Waals surface area contributed by atoms with Crippen molar-refractivity contribution in [3.63, 3.8) is 0 Å². The number of nitrogens with one attached hydrogen (secondary N) is 1. The van der Waals surface area contributed by atoms with Crippen molar-refractivity contribution in [2.45, 2.75) is 25.4 Å². The predicted molar refractivity (Wildman–Crippen MR) is 102 cm³/mol. The minimum atomic E-state index is -0.367. The Labute approximate surface area is 162 Å². The summed E-state index contributed by atoms with van der Waals surface area (Å²) >= 11 is 0. The third kappa shape index (κ3) is 3.99. The van der Waals surface area contributed by atoms with Gasteiger partial charge in [-0.2, -0.15) is 0 Å². The Morgan fingerprint density at radius 1 is 1.21 bits per heavy atom. The van der Waals surface area contributed by atoms with E-state index in [0.717, 1.165) is 30.5 Å². The van der Waals surface area contributed by atoms with Crippen molar-refractivity contribution in [1.82, 2.24) is 0 Å². The fourth-order valence-corrected chi connectivity index (χ4v) is 3.51. The van der Waals surface area contributed by atoms with Gasteiger partial charge in [0.15, 0.2) is 6.61 Å². The van der Waals surface area contributed by atoms with Gasteiger partial charge in [-0.15, -0.1) is 0 Å². The summed E-state index contributed by atoms with van der Waals surface area (Å²) in [5.41, 5.74) is 2.49. The van der Waals surface area contributed by atoms with E-state index in [1.165, 1.54) is 24.3 Å². The Bertz CT molecular complexity index is 878. The summed E-state index contributed by atoms with van der Waals surface area (Å²) in [6, 6.07) is 11.0. The highest BCUT2D eigenvalue weighted by Gasteiger charge is 2.32. The topological polar surface area (TPSA) is 67.9 Å². The first-order valence-corrected chi connectivity index (χ1v) is 9.34. The summed E-state index contributed by atoms with van der Waals surface area (Å²) in [4.78, 5) is 26.6. The molecule has 6 nitrogen and oxygen atoms in total. The van der Waals surface area contributed by atoms with Gasteiger partial charge in [0, 0.05) is 24.5 Å². The average Bonchev–Trinajstić information content (AvgIpc) is 3.37. The van der Waals surface area contributed by atoms with E-state index in [1.54, 1.807) is 4.90 Å². The second kappa shape index (κ2) is 7.98. The lowest BCUT2D eigenvalue weighted by atomic mass is 10.1. The van der Waals surface area contributed by atoms with Gasteiger partial charge in [-0.05, 0) is 61.2 Å². The number of amides is 2. The van der Waals surface area contributed by atoms with Crippen LogP contribution in [0.15, 0.2) is 42.5 Å². The van der Waals surface area contributed by atoms with Crippen molar-refractivity contribution >= 4 is 23.2 Å². The normalized spacial score (nSPS) is 18.0. The number of rotatable bonds is 5. The number of halogens is 1. The number of hydrogen-bond donors (Lipinski definition) is 1. The molecule has 0 aromatic heterocycles. The lowest BCUT2D eigenvalue weighted by Crippen LogP contribution is -2.37. The van der Waals surface area contributed by atoms with Crippen LogP contribution in [-0.4, -0.2) is 37.7 Å². The summed E-state index contributed by atoms with van der Waals surface area (Å²) in [5, 5.41) is 2.78. The molecular weight excluding hydrogens is 363 g/mol. The SMILES string of the molecule is O=C(COc1ccc(F)cc1)Nc1ccc2c(c1)N(C(=O)C1CCCO1)CC2. The maximum Gasteiger partial charge on any atom is 0.262 e. The highest BCUT2D eigenvalue weighted by Crippen LogP contribution is 2.32. The first-order valence-electron chi connectivity index (χ1n) is 9.34. The van der Waals surface area contributed by atoms with Gasteiger partial charge in [0.1, 0.15) is 17.7 Å². The van der Waals surface area contributed by atoms with Crippen LogP contribution >= 0.6 is 0 Å². The Balaban J connectivity index is 1.39. The molecule has 28 heavy (non-hydrogen) atoms. The van der Waals surface area contributed by atoms with Gasteiger partial charge < -0.3 is 19.7 Å². The van der Waals surface area contributed by atoms with E-state index < -0.39 is 0 Å². The highest BCUT2D eigenvalue weighted by atomic mass is 19.1. The number of anilines is 2. The fourth-order valence-electron chi connectivity index (χ4n) is 3.51. The zero-order valence-corrected chi connectivity index (χ0v) is 15.3. The summed E-state index contributed by atoms with van der Waals surface area (Å²) < 4.78 is 23.8. The summed E-state index contributed by atoms with van der Waals surface area (Å²) in [7, 11) is 0. The molecule has 1 unspecified atom stereocenters. The van der Waals surface area contributed by atoms with Gasteiger partial charge in [0.2, 0.25) is 0 Å². The summed E-state index contributed by atoms with van der Waals surface area (Å²) in [6.45, 7) is 1.06. The molecule has 0 saturated carbocycles. The molecule has 2 heterocycles. The first-order chi connectivity index (χ1) is 13.6. The molecular formula is C21H21FN2O4. The van der Waals surface area contributed by atoms with Crippen molar-refractivity contribution < 1.29 is 23.5 Å². The van der Waals surface area contributed by atoms with Crippen LogP contribution < -0.4 is 15.0 Å². The lowest BCUT2D eigenvalue weighted by Gasteiger charge is -2.21. The van der Waals surface area contributed by atoms with Crippen molar-refractivity contribution in [3.8, 4) is 5.75 Å². The molecule has 2 aliphatic heterocycles. The number of fused-ring (bicyclic) bond motifs is 1. The van der Waals surface area contributed by atoms with Crippen LogP contribution in [0.25, 0.3) is 0 Å². The van der Waals surface area contributed by atoms with Crippen molar-refractivity contribution in [1.29, 1.82) is 0 Å². The van der Waals surface area contributed by atoms with Crippen LogP contribution in [0.5, 0.6) is 5.75 Å². The van der Waals surface area contributed by atoms with Crippen LogP contribution in [0.2, 0.25) is 0 Å². The van der Waals surface area contributed by atoms with E-state index in [1.807, 2.05) is 18.2 Å². The maximum atomic E-state index is 12.9. The minimum Gasteiger partial charge on any atom is -0.484 e. The molecule has 1 saturated heterocycles. The van der Waals surface area contributed by atoms with Gasteiger partial charge in [-0.1, -0.05) is 6.07 Å². The molecule has 4 rings (SSSR count). The van der Waals surface area contributed by atoms with Gasteiger partial charge in [-0.3, -0.25) is 9.59 Å². The van der Waals surface area contributed by atoms with Crippen LogP contribution in [-0.2, 0) is 20.7 Å². The molecule has 146 valence electrons. The number of hydrogen-bond acceptors (Lipinski definition) is 4. The highest BCUT2D eigenvalue weighted by molar-refractivity contribution is 6.00. The Morgan fingerprint density at radius 3 is 2.79 bits per heavy atom. The molecule has 1 atom stereocenters.